The first-order chi connectivity index (χ1) is 7.25. The molecule has 88 valence electrons. The summed E-state index contributed by atoms with van der Waals surface area (Å²) in [6.45, 7) is 2.19. The lowest BCUT2D eigenvalue weighted by Crippen LogP contribution is -2.37. The third-order valence-corrected chi connectivity index (χ3v) is 3.57. The molecule has 1 aliphatic rings. The Morgan fingerprint density at radius 1 is 1.20 bits per heavy atom. The topological polar surface area (TPSA) is 26.3 Å². The zero-order valence-corrected chi connectivity index (χ0v) is 10.2. The van der Waals surface area contributed by atoms with Crippen molar-refractivity contribution in [3.05, 3.63) is 0 Å². The maximum atomic E-state index is 12.0. The highest BCUT2D eigenvalue weighted by molar-refractivity contribution is 5.87. The van der Waals surface area contributed by atoms with Crippen molar-refractivity contribution in [3.8, 4) is 0 Å². The second kappa shape index (κ2) is 6.26. The van der Waals surface area contributed by atoms with Gasteiger partial charge in [0.15, 0.2) is 5.78 Å². The van der Waals surface area contributed by atoms with E-state index in [0.29, 0.717) is 12.2 Å². The van der Waals surface area contributed by atoms with Crippen molar-refractivity contribution in [2.24, 2.45) is 0 Å². The fourth-order valence-corrected chi connectivity index (χ4v) is 2.48. The van der Waals surface area contributed by atoms with Crippen molar-refractivity contribution in [1.29, 1.82) is 0 Å². The molecule has 0 unspecified atom stereocenters. The second-order valence-corrected chi connectivity index (χ2v) is 4.64. The monoisotopic (exact) mass is 212 g/mol. The minimum atomic E-state index is -0.397. The number of hydrogen-bond acceptors (Lipinski definition) is 2. The lowest BCUT2D eigenvalue weighted by atomic mass is 9.92. The third-order valence-electron chi connectivity index (χ3n) is 3.57. The second-order valence-electron chi connectivity index (χ2n) is 4.64. The number of ketones is 1. The van der Waals surface area contributed by atoms with Gasteiger partial charge < -0.3 is 4.74 Å². The molecule has 1 rings (SSSR count). The summed E-state index contributed by atoms with van der Waals surface area (Å²) in [6.07, 6.45) is 9.58. The molecule has 1 aliphatic carbocycles. The van der Waals surface area contributed by atoms with E-state index in [1.54, 1.807) is 7.11 Å². The van der Waals surface area contributed by atoms with Crippen LogP contribution >= 0.6 is 0 Å². The van der Waals surface area contributed by atoms with Crippen LogP contribution < -0.4 is 0 Å². The van der Waals surface area contributed by atoms with Gasteiger partial charge in [0, 0.05) is 13.5 Å². The highest BCUT2D eigenvalue weighted by atomic mass is 16.5. The van der Waals surface area contributed by atoms with Crippen LogP contribution in [0.5, 0.6) is 0 Å². The average molecular weight is 212 g/mol. The molecule has 0 radical (unpaired) electrons. The molecule has 0 heterocycles. The van der Waals surface area contributed by atoms with Crippen LogP contribution in [-0.2, 0) is 9.53 Å². The third kappa shape index (κ3) is 3.30. The predicted molar refractivity (Wildman–Crippen MR) is 62.0 cm³/mol. The predicted octanol–water partition coefficient (Wildman–Crippen LogP) is 3.49. The molecule has 2 nitrogen and oxygen atoms in total. The molecular weight excluding hydrogens is 188 g/mol. The molecule has 0 atom stereocenters. The summed E-state index contributed by atoms with van der Waals surface area (Å²) in [6, 6.07) is 0. The largest absolute Gasteiger partial charge is 0.370 e. The Morgan fingerprint density at radius 2 is 1.87 bits per heavy atom. The maximum absolute atomic E-state index is 12.0. The van der Waals surface area contributed by atoms with E-state index >= 15 is 0 Å². The molecule has 1 fully saturated rings. The van der Waals surface area contributed by atoms with Crippen LogP contribution in [0.1, 0.15) is 64.7 Å². The van der Waals surface area contributed by atoms with E-state index in [4.69, 9.17) is 4.74 Å². The number of hydrogen-bond donors (Lipinski definition) is 0. The van der Waals surface area contributed by atoms with Crippen LogP contribution in [0, 0.1) is 0 Å². The van der Waals surface area contributed by atoms with Gasteiger partial charge in [0.2, 0.25) is 0 Å². The molecule has 0 aromatic heterocycles. The molecule has 0 saturated heterocycles. The van der Waals surface area contributed by atoms with Crippen LogP contribution in [0.3, 0.4) is 0 Å². The first-order valence-electron chi connectivity index (χ1n) is 6.33. The van der Waals surface area contributed by atoms with Gasteiger partial charge in [0.1, 0.15) is 5.60 Å². The van der Waals surface area contributed by atoms with E-state index in [2.05, 4.69) is 6.92 Å². The Hall–Kier alpha value is -0.370. The van der Waals surface area contributed by atoms with Crippen molar-refractivity contribution in [3.63, 3.8) is 0 Å². The summed E-state index contributed by atoms with van der Waals surface area (Å²) in [5.74, 6) is 0.346. The molecule has 1 saturated carbocycles. The van der Waals surface area contributed by atoms with E-state index in [0.717, 1.165) is 32.1 Å². The number of methoxy groups -OCH3 is 1. The van der Waals surface area contributed by atoms with Gasteiger partial charge in [0.05, 0.1) is 0 Å². The molecule has 0 N–H and O–H groups in total. The Bertz CT molecular complexity index is 193. The van der Waals surface area contributed by atoms with Gasteiger partial charge in [-0.05, 0) is 32.1 Å². The SMILES string of the molecule is CCCCCCC(=O)C1(OC)CCCC1. The molecule has 0 spiro atoms. The van der Waals surface area contributed by atoms with Crippen LogP contribution in [0.4, 0.5) is 0 Å². The Kier molecular flexibility index (Phi) is 5.30. The Balaban J connectivity index is 2.31. The van der Waals surface area contributed by atoms with Gasteiger partial charge in [0.25, 0.3) is 0 Å². The molecule has 0 aliphatic heterocycles. The Morgan fingerprint density at radius 3 is 2.40 bits per heavy atom. The summed E-state index contributed by atoms with van der Waals surface area (Å²) in [7, 11) is 1.69. The van der Waals surface area contributed by atoms with E-state index in [9.17, 15) is 4.79 Å². The van der Waals surface area contributed by atoms with Crippen LogP contribution in [0.2, 0.25) is 0 Å². The highest BCUT2D eigenvalue weighted by Gasteiger charge is 2.40. The minimum Gasteiger partial charge on any atom is -0.370 e. The van der Waals surface area contributed by atoms with Gasteiger partial charge >= 0.3 is 0 Å². The van der Waals surface area contributed by atoms with Crippen LogP contribution in [0.25, 0.3) is 0 Å². The lowest BCUT2D eigenvalue weighted by molar-refractivity contribution is -0.140. The molecule has 0 amide bonds. The van der Waals surface area contributed by atoms with E-state index in [1.165, 1.54) is 19.3 Å². The van der Waals surface area contributed by atoms with Gasteiger partial charge in [-0.3, -0.25) is 4.79 Å². The lowest BCUT2D eigenvalue weighted by Gasteiger charge is -2.25. The maximum Gasteiger partial charge on any atom is 0.164 e. The zero-order chi connectivity index (χ0) is 11.1. The Labute approximate surface area is 93.4 Å². The van der Waals surface area contributed by atoms with Gasteiger partial charge in [-0.1, -0.05) is 26.2 Å². The van der Waals surface area contributed by atoms with Gasteiger partial charge in [-0.15, -0.1) is 0 Å². The first-order valence-corrected chi connectivity index (χ1v) is 6.33. The van der Waals surface area contributed by atoms with Gasteiger partial charge in [-0.2, -0.15) is 0 Å². The molecule has 0 aromatic rings. The number of carbonyl (C=O) groups excluding carboxylic acids is 1. The molecular formula is C13H24O2. The van der Waals surface area contributed by atoms with E-state index in [-0.39, 0.29) is 0 Å². The van der Waals surface area contributed by atoms with Crippen molar-refractivity contribution in [1.82, 2.24) is 0 Å². The number of Topliss-reactive ketones (excluding diaryl/α,β-unsaturated/α-hetero) is 1. The summed E-state index contributed by atoms with van der Waals surface area (Å²) >= 11 is 0. The highest BCUT2D eigenvalue weighted by Crippen LogP contribution is 2.34. The van der Waals surface area contributed by atoms with Crippen LogP contribution in [-0.4, -0.2) is 18.5 Å². The fourth-order valence-electron chi connectivity index (χ4n) is 2.48. The number of carbonyl (C=O) groups is 1. The summed E-state index contributed by atoms with van der Waals surface area (Å²) < 4.78 is 5.47. The number of rotatable bonds is 7. The molecule has 0 bridgehead atoms. The summed E-state index contributed by atoms with van der Waals surface area (Å²) in [4.78, 5) is 12.0. The standard InChI is InChI=1S/C13H24O2/c1-3-4-5-6-9-12(14)13(15-2)10-7-8-11-13/h3-11H2,1-2H3. The average Bonchev–Trinajstić information content (AvgIpc) is 2.74. The van der Waals surface area contributed by atoms with E-state index in [1.807, 2.05) is 0 Å². The first kappa shape index (κ1) is 12.7. The zero-order valence-electron chi connectivity index (χ0n) is 10.2. The molecule has 0 aromatic carbocycles. The van der Waals surface area contributed by atoms with Gasteiger partial charge in [-0.25, -0.2) is 0 Å². The molecule has 2 heteroatoms. The number of ether oxygens (including phenoxy) is 1. The summed E-state index contributed by atoms with van der Waals surface area (Å²) in [5, 5.41) is 0. The fraction of sp³-hybridized carbons (Fsp3) is 0.923. The number of unbranched alkanes of at least 4 members (excludes halogenated alkanes) is 3. The van der Waals surface area contributed by atoms with Crippen molar-refractivity contribution in [2.45, 2.75) is 70.3 Å². The molecule has 15 heavy (non-hydrogen) atoms. The minimum absolute atomic E-state index is 0.346. The smallest absolute Gasteiger partial charge is 0.164 e. The van der Waals surface area contributed by atoms with Crippen molar-refractivity contribution < 1.29 is 9.53 Å². The van der Waals surface area contributed by atoms with Crippen molar-refractivity contribution in [2.75, 3.05) is 7.11 Å². The van der Waals surface area contributed by atoms with E-state index < -0.39 is 5.60 Å². The summed E-state index contributed by atoms with van der Waals surface area (Å²) in [5.41, 5.74) is -0.397. The normalized spacial score (nSPS) is 19.3. The quantitative estimate of drug-likeness (QED) is 0.604. The van der Waals surface area contributed by atoms with Crippen LogP contribution in [0.15, 0.2) is 0 Å². The van der Waals surface area contributed by atoms with Crippen molar-refractivity contribution >= 4 is 5.78 Å².